The molecular formula is C26H32N4O4. The Labute approximate surface area is 199 Å². The largest absolute Gasteiger partial charge is 0.497 e. The van der Waals surface area contributed by atoms with Crippen molar-refractivity contribution in [3.05, 3.63) is 52.4 Å². The van der Waals surface area contributed by atoms with Gasteiger partial charge in [-0.2, -0.15) is 0 Å². The molecule has 0 unspecified atom stereocenters. The molecule has 2 N–H and O–H groups in total. The number of urea groups is 1. The summed E-state index contributed by atoms with van der Waals surface area (Å²) in [5, 5.41) is 6.11. The number of hydrogen-bond acceptors (Lipinski definition) is 4. The summed E-state index contributed by atoms with van der Waals surface area (Å²) in [6.45, 7) is 1.67. The number of nitrogens with one attached hydrogen (secondary N) is 2. The Kier molecular flexibility index (Phi) is 6.30. The Morgan fingerprint density at radius 2 is 1.71 bits per heavy atom. The molecule has 0 spiro atoms. The molecule has 2 aliphatic heterocycles. The number of likely N-dealkylation sites (tertiary alicyclic amines) is 1. The number of carbonyl (C=O) groups excluding carboxylic acids is 2. The van der Waals surface area contributed by atoms with Crippen molar-refractivity contribution in [1.29, 1.82) is 0 Å². The van der Waals surface area contributed by atoms with E-state index in [1.54, 1.807) is 19.2 Å². The maximum absolute atomic E-state index is 13.0. The molecule has 1 aliphatic carbocycles. The third-order valence-electron chi connectivity index (χ3n) is 7.45. The number of fused-ring (bicyclic) bond motifs is 4. The molecule has 8 nitrogen and oxygen atoms in total. The predicted molar refractivity (Wildman–Crippen MR) is 130 cm³/mol. The molecule has 0 radical (unpaired) electrons. The van der Waals surface area contributed by atoms with E-state index in [-0.39, 0.29) is 35.3 Å². The second-order valence-corrected chi connectivity index (χ2v) is 9.77. The van der Waals surface area contributed by atoms with Gasteiger partial charge < -0.3 is 24.8 Å². The fraction of sp³-hybridized carbons (Fsp3) is 0.500. The fourth-order valence-corrected chi connectivity index (χ4v) is 5.76. The highest BCUT2D eigenvalue weighted by Crippen LogP contribution is 2.39. The quantitative estimate of drug-likeness (QED) is 0.715. The van der Waals surface area contributed by atoms with E-state index in [9.17, 15) is 14.4 Å². The second kappa shape index (κ2) is 9.52. The van der Waals surface area contributed by atoms with Crippen LogP contribution in [-0.2, 0) is 11.3 Å². The molecule has 1 aromatic carbocycles. The molecule has 3 amide bonds. The van der Waals surface area contributed by atoms with Gasteiger partial charge in [0.05, 0.1) is 12.8 Å². The first-order valence-electron chi connectivity index (χ1n) is 12.3. The number of ether oxygens (including phenoxy) is 1. The molecule has 3 heterocycles. The number of piperidine rings is 1. The van der Waals surface area contributed by atoms with Crippen molar-refractivity contribution in [2.45, 2.75) is 51.0 Å². The van der Waals surface area contributed by atoms with Gasteiger partial charge in [-0.1, -0.05) is 19.3 Å². The number of carbonyl (C=O) groups is 2. The van der Waals surface area contributed by atoms with Gasteiger partial charge in [-0.15, -0.1) is 0 Å². The standard InChI is InChI=1S/C26H32N4O4/c1-34-21-9-7-20(8-10-21)27-26(33)29-14-17-13-19(16-29)24-22(11-12-23(31)30(24)15-17)28-25(32)18-5-3-2-4-6-18/h7-12,17-19H,2-6,13-16H2,1H3,(H,27,33)(H,28,32)/t17-,19+/m0/s1. The first-order valence-corrected chi connectivity index (χ1v) is 12.3. The van der Waals surface area contributed by atoms with E-state index < -0.39 is 0 Å². The number of pyridine rings is 1. The molecule has 5 rings (SSSR count). The SMILES string of the molecule is COc1ccc(NC(=O)N2C[C@@H]3C[C@H](C2)c2c(NC(=O)C4CCCCC4)ccc(=O)n2C3)cc1. The van der Waals surface area contributed by atoms with Gasteiger partial charge in [0.1, 0.15) is 5.75 Å². The van der Waals surface area contributed by atoms with Gasteiger partial charge in [0.25, 0.3) is 5.56 Å². The van der Waals surface area contributed by atoms with Crippen LogP contribution >= 0.6 is 0 Å². The summed E-state index contributed by atoms with van der Waals surface area (Å²) in [4.78, 5) is 40.5. The Hall–Kier alpha value is -3.29. The highest BCUT2D eigenvalue weighted by molar-refractivity contribution is 5.93. The lowest BCUT2D eigenvalue weighted by Gasteiger charge is -2.43. The van der Waals surface area contributed by atoms with E-state index in [2.05, 4.69) is 10.6 Å². The first kappa shape index (κ1) is 22.5. The average molecular weight is 465 g/mol. The lowest BCUT2D eigenvalue weighted by Crippen LogP contribution is -2.50. The maximum atomic E-state index is 13.0. The molecule has 2 bridgehead atoms. The number of rotatable bonds is 4. The minimum Gasteiger partial charge on any atom is -0.497 e. The molecule has 34 heavy (non-hydrogen) atoms. The zero-order chi connectivity index (χ0) is 23.7. The summed E-state index contributed by atoms with van der Waals surface area (Å²) in [6, 6.07) is 10.4. The fourth-order valence-electron chi connectivity index (χ4n) is 5.76. The topological polar surface area (TPSA) is 92.7 Å². The van der Waals surface area contributed by atoms with Crippen LogP contribution in [0.3, 0.4) is 0 Å². The Morgan fingerprint density at radius 3 is 2.44 bits per heavy atom. The number of anilines is 2. The number of methoxy groups -OCH3 is 1. The summed E-state index contributed by atoms with van der Waals surface area (Å²) in [6.07, 6.45) is 6.12. The Bertz CT molecular complexity index is 1120. The molecule has 8 heteroatoms. The molecule has 2 aromatic rings. The van der Waals surface area contributed by atoms with Gasteiger partial charge in [0.15, 0.2) is 0 Å². The number of aromatic nitrogens is 1. The highest BCUT2D eigenvalue weighted by Gasteiger charge is 2.38. The third kappa shape index (κ3) is 4.54. The maximum Gasteiger partial charge on any atom is 0.321 e. The lowest BCUT2D eigenvalue weighted by atomic mass is 9.82. The molecule has 180 valence electrons. The van der Waals surface area contributed by atoms with Crippen molar-refractivity contribution in [2.75, 3.05) is 30.8 Å². The van der Waals surface area contributed by atoms with Gasteiger partial charge in [-0.3, -0.25) is 9.59 Å². The summed E-state index contributed by atoms with van der Waals surface area (Å²) in [7, 11) is 1.61. The van der Waals surface area contributed by atoms with Gasteiger partial charge in [-0.25, -0.2) is 4.79 Å². The van der Waals surface area contributed by atoms with E-state index in [4.69, 9.17) is 4.74 Å². The third-order valence-corrected chi connectivity index (χ3v) is 7.45. The van der Waals surface area contributed by atoms with E-state index in [0.29, 0.717) is 25.3 Å². The van der Waals surface area contributed by atoms with Crippen molar-refractivity contribution in [3.63, 3.8) is 0 Å². The summed E-state index contributed by atoms with van der Waals surface area (Å²) < 4.78 is 6.99. The minimum absolute atomic E-state index is 0.00433. The van der Waals surface area contributed by atoms with Crippen molar-refractivity contribution in [3.8, 4) is 5.75 Å². The van der Waals surface area contributed by atoms with Crippen LogP contribution in [-0.4, -0.2) is 41.6 Å². The minimum atomic E-state index is -0.153. The number of hydrogen-bond donors (Lipinski definition) is 2. The molecule has 1 aromatic heterocycles. The second-order valence-electron chi connectivity index (χ2n) is 9.77. The zero-order valence-electron chi connectivity index (χ0n) is 19.6. The summed E-state index contributed by atoms with van der Waals surface area (Å²) >= 11 is 0. The van der Waals surface area contributed by atoms with Gasteiger partial charge in [0, 0.05) is 48.9 Å². The number of amides is 3. The Morgan fingerprint density at radius 1 is 0.941 bits per heavy atom. The first-order chi connectivity index (χ1) is 16.5. The number of benzene rings is 1. The molecule has 1 saturated carbocycles. The Balaban J connectivity index is 1.34. The van der Waals surface area contributed by atoms with Crippen LogP contribution in [0.1, 0.15) is 50.1 Å². The molecule has 2 atom stereocenters. The summed E-state index contributed by atoms with van der Waals surface area (Å²) in [5.41, 5.74) is 2.24. The van der Waals surface area contributed by atoms with E-state index >= 15 is 0 Å². The van der Waals surface area contributed by atoms with Crippen LogP contribution in [0.25, 0.3) is 0 Å². The molecule has 1 saturated heterocycles. The normalized spacial score (nSPS) is 22.0. The highest BCUT2D eigenvalue weighted by atomic mass is 16.5. The van der Waals surface area contributed by atoms with Gasteiger partial charge in [0.2, 0.25) is 5.91 Å². The monoisotopic (exact) mass is 464 g/mol. The van der Waals surface area contributed by atoms with Crippen LogP contribution in [0.15, 0.2) is 41.2 Å². The smallest absolute Gasteiger partial charge is 0.321 e. The predicted octanol–water partition coefficient (Wildman–Crippen LogP) is 4.03. The number of nitrogens with zero attached hydrogens (tertiary/aromatic N) is 2. The zero-order valence-corrected chi connectivity index (χ0v) is 19.6. The lowest BCUT2D eigenvalue weighted by molar-refractivity contribution is -0.120. The van der Waals surface area contributed by atoms with Gasteiger partial charge >= 0.3 is 6.03 Å². The van der Waals surface area contributed by atoms with E-state index in [0.717, 1.165) is 49.2 Å². The van der Waals surface area contributed by atoms with Crippen LogP contribution in [0.4, 0.5) is 16.2 Å². The van der Waals surface area contributed by atoms with Crippen LogP contribution in [0.5, 0.6) is 5.75 Å². The summed E-state index contributed by atoms with van der Waals surface area (Å²) in [5.74, 6) is 1.03. The van der Waals surface area contributed by atoms with Crippen LogP contribution in [0, 0.1) is 11.8 Å². The van der Waals surface area contributed by atoms with Crippen molar-refractivity contribution >= 4 is 23.3 Å². The molecule has 2 fully saturated rings. The van der Waals surface area contributed by atoms with Crippen LogP contribution in [0.2, 0.25) is 0 Å². The van der Waals surface area contributed by atoms with Crippen molar-refractivity contribution in [2.24, 2.45) is 11.8 Å². The van der Waals surface area contributed by atoms with Gasteiger partial charge in [-0.05, 0) is 55.5 Å². The van der Waals surface area contributed by atoms with E-state index in [1.165, 1.54) is 6.42 Å². The molecule has 3 aliphatic rings. The average Bonchev–Trinajstić information content (AvgIpc) is 2.86. The van der Waals surface area contributed by atoms with E-state index in [1.807, 2.05) is 33.7 Å². The van der Waals surface area contributed by atoms with Crippen molar-refractivity contribution in [1.82, 2.24) is 9.47 Å². The molecular weight excluding hydrogens is 432 g/mol. The van der Waals surface area contributed by atoms with Crippen molar-refractivity contribution < 1.29 is 14.3 Å². The van der Waals surface area contributed by atoms with Crippen LogP contribution < -0.4 is 20.9 Å².